The summed E-state index contributed by atoms with van der Waals surface area (Å²) in [6.45, 7) is 8.67. The molecule has 4 heterocycles. The van der Waals surface area contributed by atoms with E-state index in [4.69, 9.17) is 4.74 Å². The van der Waals surface area contributed by atoms with E-state index >= 15 is 0 Å². The highest BCUT2D eigenvalue weighted by molar-refractivity contribution is 5.83. The Morgan fingerprint density at radius 1 is 0.886 bits per heavy atom. The lowest BCUT2D eigenvalue weighted by atomic mass is 9.96. The lowest BCUT2D eigenvalue weighted by Gasteiger charge is -2.42. The van der Waals surface area contributed by atoms with Gasteiger partial charge in [-0.2, -0.15) is 0 Å². The van der Waals surface area contributed by atoms with Gasteiger partial charge in [-0.1, -0.05) is 72.3 Å². The standard InChI is InChI=1S/C35H39N7O2/c1-24-20-25(2)31-28(21-24)22-30(35(43)36-31)33(34-37-38-39-42(34)23-29-14-9-19-44-29)41-17-15-40(16-18-41)32(26-10-5-3-6-11-26)27-12-7-4-8-13-27/h3-8,10-13,20-22,29,32-33H,9,14-19,23H2,1-2H3,(H,36,43)/t29-,33+/m0/s1. The third kappa shape index (κ3) is 5.70. The highest BCUT2D eigenvalue weighted by atomic mass is 16.5. The number of pyridine rings is 1. The van der Waals surface area contributed by atoms with Crippen molar-refractivity contribution >= 4 is 10.9 Å². The van der Waals surface area contributed by atoms with Crippen molar-refractivity contribution in [1.29, 1.82) is 0 Å². The number of hydrogen-bond acceptors (Lipinski definition) is 7. The van der Waals surface area contributed by atoms with Crippen LogP contribution in [0.5, 0.6) is 0 Å². The number of aryl methyl sites for hydroxylation is 2. The van der Waals surface area contributed by atoms with Gasteiger partial charge < -0.3 is 9.72 Å². The van der Waals surface area contributed by atoms with Crippen LogP contribution in [0.4, 0.5) is 0 Å². The summed E-state index contributed by atoms with van der Waals surface area (Å²) in [7, 11) is 0. The van der Waals surface area contributed by atoms with E-state index in [2.05, 4.69) is 110 Å². The molecule has 226 valence electrons. The van der Waals surface area contributed by atoms with Gasteiger partial charge in [-0.3, -0.25) is 14.6 Å². The molecule has 0 unspecified atom stereocenters. The fraction of sp³-hybridized carbons (Fsp3) is 0.371. The SMILES string of the molecule is Cc1cc(C)c2[nH]c(=O)c([C@H](c3nnnn3C[C@@H]3CCCO3)N3CCN(C(c4ccccc4)c4ccccc4)CC3)cc2c1. The van der Waals surface area contributed by atoms with E-state index in [1.165, 1.54) is 11.1 Å². The number of hydrogen-bond donors (Lipinski definition) is 1. The van der Waals surface area contributed by atoms with Gasteiger partial charge in [0.05, 0.1) is 24.2 Å². The van der Waals surface area contributed by atoms with Gasteiger partial charge in [0.15, 0.2) is 5.82 Å². The van der Waals surface area contributed by atoms with Crippen molar-refractivity contribution in [1.82, 2.24) is 35.0 Å². The first-order valence-electron chi connectivity index (χ1n) is 15.6. The van der Waals surface area contributed by atoms with Crippen molar-refractivity contribution in [2.75, 3.05) is 32.8 Å². The Balaban J connectivity index is 1.25. The van der Waals surface area contributed by atoms with E-state index in [1.807, 2.05) is 17.7 Å². The molecule has 1 N–H and O–H groups in total. The van der Waals surface area contributed by atoms with E-state index < -0.39 is 6.04 Å². The summed E-state index contributed by atoms with van der Waals surface area (Å²) in [6, 6.07) is 27.5. The summed E-state index contributed by atoms with van der Waals surface area (Å²) in [5.41, 5.74) is 6.22. The lowest BCUT2D eigenvalue weighted by molar-refractivity contribution is 0.0778. The number of benzene rings is 3. The van der Waals surface area contributed by atoms with E-state index in [-0.39, 0.29) is 17.7 Å². The normalized spacial score (nSPS) is 18.8. The maximum atomic E-state index is 13.9. The van der Waals surface area contributed by atoms with E-state index in [9.17, 15) is 4.79 Å². The van der Waals surface area contributed by atoms with Crippen LogP contribution in [-0.4, -0.2) is 73.9 Å². The van der Waals surface area contributed by atoms with Gasteiger partial charge in [0.2, 0.25) is 0 Å². The van der Waals surface area contributed by atoms with Crippen LogP contribution in [0.2, 0.25) is 0 Å². The van der Waals surface area contributed by atoms with Crippen LogP contribution in [0.15, 0.2) is 83.7 Å². The molecule has 7 rings (SSSR count). The second-order valence-corrected chi connectivity index (χ2v) is 12.2. The molecule has 2 atom stereocenters. The maximum Gasteiger partial charge on any atom is 0.253 e. The van der Waals surface area contributed by atoms with Crippen molar-refractivity contribution in [3.05, 3.63) is 123 Å². The Hall–Kier alpha value is -4.18. The topological polar surface area (TPSA) is 92.2 Å². The Morgan fingerprint density at radius 3 is 2.18 bits per heavy atom. The zero-order valence-electron chi connectivity index (χ0n) is 25.4. The van der Waals surface area contributed by atoms with Gasteiger partial charge in [-0.25, -0.2) is 4.68 Å². The predicted octanol–water partition coefficient (Wildman–Crippen LogP) is 4.81. The first-order valence-corrected chi connectivity index (χ1v) is 15.6. The quantitative estimate of drug-likeness (QED) is 0.278. The lowest BCUT2D eigenvalue weighted by Crippen LogP contribution is -2.50. The molecule has 3 aromatic carbocycles. The molecule has 2 aliphatic heterocycles. The molecule has 0 amide bonds. The number of piperazine rings is 1. The molecule has 44 heavy (non-hydrogen) atoms. The molecule has 9 nitrogen and oxygen atoms in total. The highest BCUT2D eigenvalue weighted by Crippen LogP contribution is 2.33. The summed E-state index contributed by atoms with van der Waals surface area (Å²) in [5.74, 6) is 0.686. The third-order valence-corrected chi connectivity index (χ3v) is 9.13. The van der Waals surface area contributed by atoms with Crippen LogP contribution in [0.1, 0.15) is 58.6 Å². The van der Waals surface area contributed by atoms with Crippen LogP contribution in [0.25, 0.3) is 10.9 Å². The number of ether oxygens (including phenoxy) is 1. The third-order valence-electron chi connectivity index (χ3n) is 9.13. The molecule has 2 saturated heterocycles. The Bertz CT molecular complexity index is 1730. The fourth-order valence-electron chi connectivity index (χ4n) is 7.06. The second-order valence-electron chi connectivity index (χ2n) is 12.2. The molecule has 5 aromatic rings. The van der Waals surface area contributed by atoms with Gasteiger partial charge in [-0.05, 0) is 71.3 Å². The van der Waals surface area contributed by atoms with Crippen LogP contribution in [-0.2, 0) is 11.3 Å². The molecule has 2 aromatic heterocycles. The summed E-state index contributed by atoms with van der Waals surface area (Å²) >= 11 is 0. The number of H-pyrrole nitrogens is 1. The van der Waals surface area contributed by atoms with E-state index in [0.29, 0.717) is 17.9 Å². The van der Waals surface area contributed by atoms with Crippen molar-refractivity contribution in [2.45, 2.75) is 51.4 Å². The Kier molecular flexibility index (Phi) is 8.08. The van der Waals surface area contributed by atoms with Gasteiger partial charge in [0, 0.05) is 38.3 Å². The Morgan fingerprint density at radius 2 is 1.55 bits per heavy atom. The summed E-state index contributed by atoms with van der Waals surface area (Å²) < 4.78 is 7.80. The van der Waals surface area contributed by atoms with Gasteiger partial charge in [0.25, 0.3) is 5.56 Å². The summed E-state index contributed by atoms with van der Waals surface area (Å²) in [6.07, 6.45) is 2.10. The number of fused-ring (bicyclic) bond motifs is 1. The first-order chi connectivity index (χ1) is 21.5. The fourth-order valence-corrected chi connectivity index (χ4v) is 7.06. The smallest absolute Gasteiger partial charge is 0.253 e. The van der Waals surface area contributed by atoms with Crippen molar-refractivity contribution < 1.29 is 4.74 Å². The van der Waals surface area contributed by atoms with E-state index in [1.54, 1.807) is 0 Å². The van der Waals surface area contributed by atoms with Gasteiger partial charge >= 0.3 is 0 Å². The minimum absolute atomic E-state index is 0.0763. The van der Waals surface area contributed by atoms with Crippen LogP contribution < -0.4 is 5.56 Å². The number of aromatic amines is 1. The molecule has 0 aliphatic carbocycles. The van der Waals surface area contributed by atoms with Crippen molar-refractivity contribution in [3.8, 4) is 0 Å². The van der Waals surface area contributed by atoms with Gasteiger partial charge in [-0.15, -0.1) is 5.10 Å². The first kappa shape index (κ1) is 28.6. The number of tetrazole rings is 1. The zero-order chi connectivity index (χ0) is 30.0. The highest BCUT2D eigenvalue weighted by Gasteiger charge is 2.35. The second kappa shape index (κ2) is 12.4. The van der Waals surface area contributed by atoms with Crippen LogP contribution in [0, 0.1) is 13.8 Å². The molecule has 0 saturated carbocycles. The van der Waals surface area contributed by atoms with E-state index in [0.717, 1.165) is 67.7 Å². The average molecular weight is 590 g/mol. The summed E-state index contributed by atoms with van der Waals surface area (Å²) in [5, 5.41) is 14.1. The molecule has 9 heteroatoms. The number of nitrogens with one attached hydrogen (secondary N) is 1. The molecule has 2 aliphatic rings. The molecule has 2 fully saturated rings. The van der Waals surface area contributed by atoms with Crippen molar-refractivity contribution in [3.63, 3.8) is 0 Å². The molecular formula is C35H39N7O2. The zero-order valence-corrected chi connectivity index (χ0v) is 25.4. The molecule has 0 radical (unpaired) electrons. The molecule has 0 spiro atoms. The monoisotopic (exact) mass is 589 g/mol. The number of rotatable bonds is 8. The minimum Gasteiger partial charge on any atom is -0.376 e. The molecular weight excluding hydrogens is 550 g/mol. The largest absolute Gasteiger partial charge is 0.376 e. The summed E-state index contributed by atoms with van der Waals surface area (Å²) in [4.78, 5) is 22.0. The van der Waals surface area contributed by atoms with Crippen molar-refractivity contribution in [2.24, 2.45) is 0 Å². The number of aromatic nitrogens is 5. The Labute approximate surface area is 257 Å². The number of nitrogens with zero attached hydrogens (tertiary/aromatic N) is 6. The van der Waals surface area contributed by atoms with Crippen LogP contribution >= 0.6 is 0 Å². The maximum absolute atomic E-state index is 13.9. The predicted molar refractivity (Wildman–Crippen MR) is 171 cm³/mol. The average Bonchev–Trinajstić information content (AvgIpc) is 3.73. The van der Waals surface area contributed by atoms with Gasteiger partial charge in [0.1, 0.15) is 6.04 Å². The van der Waals surface area contributed by atoms with Crippen LogP contribution in [0.3, 0.4) is 0 Å². The minimum atomic E-state index is -0.394. The molecule has 0 bridgehead atoms.